The summed E-state index contributed by atoms with van der Waals surface area (Å²) in [6.45, 7) is 2.03. The molecule has 2 aromatic rings. The molecule has 2 rings (SSSR count). The summed E-state index contributed by atoms with van der Waals surface area (Å²) in [6.07, 6.45) is 0. The maximum Gasteiger partial charge on any atom is 0.140 e. The van der Waals surface area contributed by atoms with Crippen LogP contribution < -0.4 is 5.32 Å². The molecule has 0 spiro atoms. The van der Waals surface area contributed by atoms with E-state index < -0.39 is 0 Å². The molecule has 0 aliphatic carbocycles. The lowest BCUT2D eigenvalue weighted by molar-refractivity contribution is 0.994. The number of nitriles is 1. The van der Waals surface area contributed by atoms with Gasteiger partial charge in [-0.25, -0.2) is 0 Å². The zero-order valence-corrected chi connectivity index (χ0v) is 11.6. The van der Waals surface area contributed by atoms with E-state index in [9.17, 15) is 5.26 Å². The fourth-order valence-electron chi connectivity index (χ4n) is 1.75. The van der Waals surface area contributed by atoms with Crippen LogP contribution in [0, 0.1) is 18.3 Å². The minimum Gasteiger partial charge on any atom is -0.366 e. The Labute approximate surface area is 115 Å². The van der Waals surface area contributed by atoms with Crippen LogP contribution in [0.3, 0.4) is 0 Å². The van der Waals surface area contributed by atoms with Crippen LogP contribution >= 0.6 is 15.9 Å². The van der Waals surface area contributed by atoms with Crippen LogP contribution in [0.4, 0.5) is 5.69 Å². The minimum atomic E-state index is -0.328. The van der Waals surface area contributed by atoms with E-state index in [1.165, 1.54) is 0 Å². The van der Waals surface area contributed by atoms with E-state index in [0.29, 0.717) is 0 Å². The summed E-state index contributed by atoms with van der Waals surface area (Å²) in [4.78, 5) is 0. The van der Waals surface area contributed by atoms with Crippen LogP contribution in [0.2, 0.25) is 0 Å². The first kappa shape index (κ1) is 12.7. The van der Waals surface area contributed by atoms with Crippen molar-refractivity contribution in [1.29, 1.82) is 5.26 Å². The quantitative estimate of drug-likeness (QED) is 0.910. The Hall–Kier alpha value is -1.79. The molecule has 1 unspecified atom stereocenters. The number of rotatable bonds is 3. The normalized spacial score (nSPS) is 11.6. The van der Waals surface area contributed by atoms with Gasteiger partial charge >= 0.3 is 0 Å². The van der Waals surface area contributed by atoms with Crippen molar-refractivity contribution in [2.75, 3.05) is 5.32 Å². The van der Waals surface area contributed by atoms with E-state index in [-0.39, 0.29) is 6.04 Å². The van der Waals surface area contributed by atoms with E-state index >= 15 is 0 Å². The predicted octanol–water partition coefficient (Wildman–Crippen LogP) is 4.43. The standard InChI is InChI=1S/C15H13BrN2/c1-11-3-2-4-12(9-11)15(10-17)18-14-7-5-13(16)6-8-14/h2-9,15,18H,1H3. The molecule has 0 radical (unpaired) electrons. The van der Waals surface area contributed by atoms with Crippen molar-refractivity contribution >= 4 is 21.6 Å². The van der Waals surface area contributed by atoms with Gasteiger partial charge in [-0.2, -0.15) is 5.26 Å². The van der Waals surface area contributed by atoms with Crippen LogP contribution in [-0.4, -0.2) is 0 Å². The molecular weight excluding hydrogens is 288 g/mol. The Morgan fingerprint density at radius 1 is 1.17 bits per heavy atom. The molecule has 0 fully saturated rings. The van der Waals surface area contributed by atoms with Gasteiger partial charge in [0.1, 0.15) is 6.04 Å². The fraction of sp³-hybridized carbons (Fsp3) is 0.133. The summed E-state index contributed by atoms with van der Waals surface area (Å²) in [5.41, 5.74) is 3.08. The van der Waals surface area contributed by atoms with E-state index in [0.717, 1.165) is 21.3 Å². The first-order valence-electron chi connectivity index (χ1n) is 5.67. The third kappa shape index (κ3) is 3.12. The minimum absolute atomic E-state index is 0.328. The lowest BCUT2D eigenvalue weighted by Gasteiger charge is -2.13. The topological polar surface area (TPSA) is 35.8 Å². The third-order valence-corrected chi connectivity index (χ3v) is 3.19. The van der Waals surface area contributed by atoms with Crippen molar-refractivity contribution in [3.05, 3.63) is 64.1 Å². The van der Waals surface area contributed by atoms with Crippen molar-refractivity contribution in [2.45, 2.75) is 13.0 Å². The zero-order chi connectivity index (χ0) is 13.0. The SMILES string of the molecule is Cc1cccc(C(C#N)Nc2ccc(Br)cc2)c1. The number of nitrogens with zero attached hydrogens (tertiary/aromatic N) is 1. The van der Waals surface area contributed by atoms with Crippen molar-refractivity contribution in [3.63, 3.8) is 0 Å². The highest BCUT2D eigenvalue weighted by Crippen LogP contribution is 2.21. The van der Waals surface area contributed by atoms with Crippen molar-refractivity contribution in [2.24, 2.45) is 0 Å². The summed E-state index contributed by atoms with van der Waals surface area (Å²) in [7, 11) is 0. The number of anilines is 1. The smallest absolute Gasteiger partial charge is 0.140 e. The molecule has 2 nitrogen and oxygen atoms in total. The average Bonchev–Trinajstić information content (AvgIpc) is 2.38. The molecule has 0 amide bonds. The number of hydrogen-bond donors (Lipinski definition) is 1. The van der Waals surface area contributed by atoms with E-state index in [4.69, 9.17) is 0 Å². The maximum atomic E-state index is 9.26. The summed E-state index contributed by atoms with van der Waals surface area (Å²) in [5, 5.41) is 12.5. The van der Waals surface area contributed by atoms with E-state index in [2.05, 4.69) is 27.3 Å². The number of nitrogens with one attached hydrogen (secondary N) is 1. The van der Waals surface area contributed by atoms with Gasteiger partial charge in [0, 0.05) is 10.2 Å². The number of aryl methyl sites for hydroxylation is 1. The van der Waals surface area contributed by atoms with Crippen molar-refractivity contribution < 1.29 is 0 Å². The summed E-state index contributed by atoms with van der Waals surface area (Å²) in [6, 6.07) is 17.7. The predicted molar refractivity (Wildman–Crippen MR) is 77.3 cm³/mol. The highest BCUT2D eigenvalue weighted by atomic mass is 79.9. The highest BCUT2D eigenvalue weighted by molar-refractivity contribution is 9.10. The molecule has 0 aromatic heterocycles. The highest BCUT2D eigenvalue weighted by Gasteiger charge is 2.09. The third-order valence-electron chi connectivity index (χ3n) is 2.66. The zero-order valence-electron chi connectivity index (χ0n) is 10.0. The molecular formula is C15H13BrN2. The largest absolute Gasteiger partial charge is 0.366 e. The second-order valence-corrected chi connectivity index (χ2v) is 5.04. The van der Waals surface area contributed by atoms with Gasteiger partial charge < -0.3 is 5.32 Å². The first-order chi connectivity index (χ1) is 8.69. The van der Waals surface area contributed by atoms with Crippen LogP contribution in [0.5, 0.6) is 0 Å². The molecule has 3 heteroatoms. The molecule has 0 bridgehead atoms. The van der Waals surface area contributed by atoms with Gasteiger partial charge in [0.2, 0.25) is 0 Å². The van der Waals surface area contributed by atoms with Gasteiger partial charge in [-0.3, -0.25) is 0 Å². The fourth-order valence-corrected chi connectivity index (χ4v) is 2.02. The number of benzene rings is 2. The van der Waals surface area contributed by atoms with Crippen molar-refractivity contribution in [1.82, 2.24) is 0 Å². The number of hydrogen-bond acceptors (Lipinski definition) is 2. The summed E-state index contributed by atoms with van der Waals surface area (Å²) >= 11 is 3.39. The van der Waals surface area contributed by atoms with Gasteiger partial charge in [-0.05, 0) is 36.8 Å². The van der Waals surface area contributed by atoms with Crippen LogP contribution in [0.15, 0.2) is 53.0 Å². The molecule has 0 saturated heterocycles. The van der Waals surface area contributed by atoms with Crippen LogP contribution in [0.1, 0.15) is 17.2 Å². The Bertz CT molecular complexity index is 570. The molecule has 0 aliphatic rings. The molecule has 1 N–H and O–H groups in total. The Morgan fingerprint density at radius 2 is 1.89 bits per heavy atom. The van der Waals surface area contributed by atoms with Crippen molar-refractivity contribution in [3.8, 4) is 6.07 Å². The molecule has 18 heavy (non-hydrogen) atoms. The summed E-state index contributed by atoms with van der Waals surface area (Å²) < 4.78 is 1.03. The Kier molecular flexibility index (Phi) is 4.01. The van der Waals surface area contributed by atoms with Gasteiger partial charge in [0.05, 0.1) is 6.07 Å². The second-order valence-electron chi connectivity index (χ2n) is 4.13. The monoisotopic (exact) mass is 300 g/mol. The lowest BCUT2D eigenvalue weighted by Crippen LogP contribution is -2.08. The Balaban J connectivity index is 2.20. The first-order valence-corrected chi connectivity index (χ1v) is 6.46. The second kappa shape index (κ2) is 5.70. The van der Waals surface area contributed by atoms with E-state index in [1.54, 1.807) is 0 Å². The average molecular weight is 301 g/mol. The molecule has 0 heterocycles. The van der Waals surface area contributed by atoms with E-state index in [1.807, 2.05) is 55.5 Å². The lowest BCUT2D eigenvalue weighted by atomic mass is 10.1. The van der Waals surface area contributed by atoms with Gasteiger partial charge in [0.25, 0.3) is 0 Å². The van der Waals surface area contributed by atoms with Crippen LogP contribution in [-0.2, 0) is 0 Å². The molecule has 0 aliphatic heterocycles. The summed E-state index contributed by atoms with van der Waals surface area (Å²) in [5.74, 6) is 0. The molecule has 2 aromatic carbocycles. The molecule has 1 atom stereocenters. The maximum absolute atomic E-state index is 9.26. The molecule has 90 valence electrons. The Morgan fingerprint density at radius 3 is 2.50 bits per heavy atom. The van der Waals surface area contributed by atoms with Gasteiger partial charge in [0.15, 0.2) is 0 Å². The van der Waals surface area contributed by atoms with Gasteiger partial charge in [-0.1, -0.05) is 45.8 Å². The van der Waals surface area contributed by atoms with Gasteiger partial charge in [-0.15, -0.1) is 0 Å². The number of halogens is 1. The van der Waals surface area contributed by atoms with Crippen LogP contribution in [0.25, 0.3) is 0 Å². The molecule has 0 saturated carbocycles.